The molecule has 6 heteroatoms. The number of nitrogens with one attached hydrogen (secondary N) is 2. The lowest BCUT2D eigenvalue weighted by Crippen LogP contribution is -2.40. The van der Waals surface area contributed by atoms with Gasteiger partial charge in [0.1, 0.15) is 0 Å². The first kappa shape index (κ1) is 13.8. The van der Waals surface area contributed by atoms with E-state index in [1.165, 1.54) is 0 Å². The van der Waals surface area contributed by atoms with E-state index >= 15 is 0 Å². The first-order valence-electron chi connectivity index (χ1n) is 4.67. The Labute approximate surface area is 86.9 Å². The van der Waals surface area contributed by atoms with E-state index in [0.717, 1.165) is 0 Å². The third-order valence-corrected chi connectivity index (χ3v) is 3.45. The standard InChI is InChI=1S/C8H21N3O2S/c1-8(11(3)4)7-10-14(12,13)6-5-9-2/h8-10H,5-7H2,1-4H3. The molecule has 1 atom stereocenters. The van der Waals surface area contributed by atoms with E-state index in [1.807, 2.05) is 25.9 Å². The monoisotopic (exact) mass is 223 g/mol. The highest BCUT2D eigenvalue weighted by molar-refractivity contribution is 7.89. The maximum atomic E-state index is 11.3. The highest BCUT2D eigenvalue weighted by Gasteiger charge is 2.11. The van der Waals surface area contributed by atoms with Crippen LogP contribution < -0.4 is 10.0 Å². The van der Waals surface area contributed by atoms with E-state index in [9.17, 15) is 8.42 Å². The van der Waals surface area contributed by atoms with E-state index in [-0.39, 0.29) is 11.8 Å². The van der Waals surface area contributed by atoms with Crippen molar-refractivity contribution in [2.75, 3.05) is 40.0 Å². The van der Waals surface area contributed by atoms with E-state index in [2.05, 4.69) is 10.0 Å². The summed E-state index contributed by atoms with van der Waals surface area (Å²) < 4.78 is 25.3. The van der Waals surface area contributed by atoms with Crippen LogP contribution in [0.2, 0.25) is 0 Å². The Balaban J connectivity index is 3.87. The maximum Gasteiger partial charge on any atom is 0.212 e. The van der Waals surface area contributed by atoms with Crippen molar-refractivity contribution in [3.8, 4) is 0 Å². The first-order chi connectivity index (χ1) is 6.39. The number of hydrogen-bond donors (Lipinski definition) is 2. The highest BCUT2D eigenvalue weighted by atomic mass is 32.2. The normalized spacial score (nSPS) is 14.6. The fourth-order valence-corrected chi connectivity index (χ4v) is 1.85. The molecule has 1 unspecified atom stereocenters. The van der Waals surface area contributed by atoms with Gasteiger partial charge in [-0.2, -0.15) is 0 Å². The topological polar surface area (TPSA) is 61.4 Å². The molecule has 5 nitrogen and oxygen atoms in total. The SMILES string of the molecule is CNCCS(=O)(=O)NCC(C)N(C)C. The summed E-state index contributed by atoms with van der Waals surface area (Å²) >= 11 is 0. The van der Waals surface area contributed by atoms with Crippen molar-refractivity contribution < 1.29 is 8.42 Å². The molecule has 2 N–H and O–H groups in total. The number of hydrogen-bond acceptors (Lipinski definition) is 4. The summed E-state index contributed by atoms with van der Waals surface area (Å²) in [6.45, 7) is 2.91. The van der Waals surface area contributed by atoms with E-state index in [0.29, 0.717) is 13.1 Å². The van der Waals surface area contributed by atoms with Gasteiger partial charge < -0.3 is 10.2 Å². The lowest BCUT2D eigenvalue weighted by Gasteiger charge is -2.19. The van der Waals surface area contributed by atoms with Gasteiger partial charge in [0.2, 0.25) is 10.0 Å². The van der Waals surface area contributed by atoms with Crippen molar-refractivity contribution in [3.63, 3.8) is 0 Å². The Bertz CT molecular complexity index is 239. The lowest BCUT2D eigenvalue weighted by molar-refractivity contribution is 0.314. The number of likely N-dealkylation sites (N-methyl/N-ethyl adjacent to an activating group) is 1. The van der Waals surface area contributed by atoms with Gasteiger partial charge in [0, 0.05) is 19.1 Å². The Kier molecular flexibility index (Phi) is 6.26. The third-order valence-electron chi connectivity index (χ3n) is 2.10. The second-order valence-electron chi connectivity index (χ2n) is 3.58. The van der Waals surface area contributed by atoms with Crippen LogP contribution in [-0.4, -0.2) is 59.3 Å². The molecule has 0 spiro atoms. The average molecular weight is 223 g/mol. The Hall–Kier alpha value is -0.170. The summed E-state index contributed by atoms with van der Waals surface area (Å²) in [5.74, 6) is 0.129. The predicted octanol–water partition coefficient (Wildman–Crippen LogP) is -0.925. The second-order valence-corrected chi connectivity index (χ2v) is 5.51. The van der Waals surface area contributed by atoms with Crippen LogP contribution >= 0.6 is 0 Å². The molecule has 0 heterocycles. The zero-order valence-corrected chi connectivity index (χ0v) is 10.2. The molecule has 0 saturated heterocycles. The van der Waals surface area contributed by atoms with Crippen LogP contribution in [0.4, 0.5) is 0 Å². The summed E-state index contributed by atoms with van der Waals surface area (Å²) in [6, 6.07) is 0.208. The molecule has 0 aliphatic rings. The van der Waals surface area contributed by atoms with Crippen LogP contribution in [0.1, 0.15) is 6.92 Å². The van der Waals surface area contributed by atoms with E-state index in [4.69, 9.17) is 0 Å². The molecule has 0 aromatic rings. The van der Waals surface area contributed by atoms with Crippen molar-refractivity contribution in [2.24, 2.45) is 0 Å². The Morgan fingerprint density at radius 2 is 1.93 bits per heavy atom. The van der Waals surface area contributed by atoms with Crippen LogP contribution in [0, 0.1) is 0 Å². The van der Waals surface area contributed by atoms with Gasteiger partial charge in [-0.1, -0.05) is 0 Å². The minimum Gasteiger partial charge on any atom is -0.319 e. The van der Waals surface area contributed by atoms with Crippen LogP contribution in [0.3, 0.4) is 0 Å². The number of sulfonamides is 1. The zero-order valence-electron chi connectivity index (χ0n) is 9.37. The third kappa shape index (κ3) is 6.31. The minimum atomic E-state index is -3.11. The largest absolute Gasteiger partial charge is 0.319 e. The molecule has 0 aliphatic heterocycles. The molecule has 0 aliphatic carbocycles. The minimum absolute atomic E-state index is 0.129. The Morgan fingerprint density at radius 1 is 1.36 bits per heavy atom. The number of nitrogens with zero attached hydrogens (tertiary/aromatic N) is 1. The molecule has 14 heavy (non-hydrogen) atoms. The summed E-state index contributed by atoms with van der Waals surface area (Å²) in [6.07, 6.45) is 0. The molecule has 0 aromatic heterocycles. The molecular formula is C8H21N3O2S. The molecule has 86 valence electrons. The van der Waals surface area contributed by atoms with Gasteiger partial charge in [-0.05, 0) is 28.1 Å². The average Bonchev–Trinajstić information content (AvgIpc) is 2.11. The van der Waals surface area contributed by atoms with Crippen molar-refractivity contribution >= 4 is 10.0 Å². The van der Waals surface area contributed by atoms with Gasteiger partial charge in [-0.3, -0.25) is 0 Å². The molecule has 0 rings (SSSR count). The fraction of sp³-hybridized carbons (Fsp3) is 1.00. The summed E-state index contributed by atoms with van der Waals surface area (Å²) in [5.41, 5.74) is 0. The van der Waals surface area contributed by atoms with Crippen LogP contribution in [-0.2, 0) is 10.0 Å². The molecule has 0 amide bonds. The molecule has 0 saturated carbocycles. The Morgan fingerprint density at radius 3 is 2.36 bits per heavy atom. The quantitative estimate of drug-likeness (QED) is 0.586. The second kappa shape index (κ2) is 6.34. The van der Waals surface area contributed by atoms with Crippen LogP contribution in [0.5, 0.6) is 0 Å². The van der Waals surface area contributed by atoms with Gasteiger partial charge in [-0.15, -0.1) is 0 Å². The first-order valence-corrected chi connectivity index (χ1v) is 6.32. The summed E-state index contributed by atoms with van der Waals surface area (Å²) in [5, 5.41) is 2.80. The molecule has 0 aromatic carbocycles. The summed E-state index contributed by atoms with van der Waals surface area (Å²) in [7, 11) is 2.47. The predicted molar refractivity (Wildman–Crippen MR) is 58.9 cm³/mol. The van der Waals surface area contributed by atoms with Crippen LogP contribution in [0.25, 0.3) is 0 Å². The molecule has 0 bridgehead atoms. The van der Waals surface area contributed by atoms with Crippen molar-refractivity contribution in [1.82, 2.24) is 14.9 Å². The molecule has 0 fully saturated rings. The van der Waals surface area contributed by atoms with Crippen molar-refractivity contribution in [2.45, 2.75) is 13.0 Å². The maximum absolute atomic E-state index is 11.3. The van der Waals surface area contributed by atoms with E-state index in [1.54, 1.807) is 7.05 Å². The van der Waals surface area contributed by atoms with E-state index < -0.39 is 10.0 Å². The van der Waals surface area contributed by atoms with Gasteiger partial charge in [0.25, 0.3) is 0 Å². The van der Waals surface area contributed by atoms with Gasteiger partial charge in [0.15, 0.2) is 0 Å². The van der Waals surface area contributed by atoms with Crippen molar-refractivity contribution in [3.05, 3.63) is 0 Å². The van der Waals surface area contributed by atoms with Gasteiger partial charge in [-0.25, -0.2) is 13.1 Å². The molecule has 0 radical (unpaired) electrons. The van der Waals surface area contributed by atoms with Gasteiger partial charge >= 0.3 is 0 Å². The van der Waals surface area contributed by atoms with Crippen molar-refractivity contribution in [1.29, 1.82) is 0 Å². The highest BCUT2D eigenvalue weighted by Crippen LogP contribution is 1.91. The zero-order chi connectivity index (χ0) is 11.2. The number of rotatable bonds is 7. The van der Waals surface area contributed by atoms with Gasteiger partial charge in [0.05, 0.1) is 5.75 Å². The smallest absolute Gasteiger partial charge is 0.212 e. The fourth-order valence-electron chi connectivity index (χ4n) is 0.739. The van der Waals surface area contributed by atoms with Crippen LogP contribution in [0.15, 0.2) is 0 Å². The summed E-state index contributed by atoms with van der Waals surface area (Å²) in [4.78, 5) is 1.97. The molecular weight excluding hydrogens is 202 g/mol. The lowest BCUT2D eigenvalue weighted by atomic mass is 10.3.